The maximum absolute atomic E-state index is 15.1. The van der Waals surface area contributed by atoms with Crippen LogP contribution in [0, 0.1) is 5.82 Å². The van der Waals surface area contributed by atoms with Crippen LogP contribution in [0.3, 0.4) is 0 Å². The fourth-order valence-corrected chi connectivity index (χ4v) is 4.37. The number of benzene rings is 2. The van der Waals surface area contributed by atoms with Crippen molar-refractivity contribution in [1.29, 1.82) is 0 Å². The number of nitrogens with zero attached hydrogens (tertiary/aromatic N) is 4. The second-order valence-corrected chi connectivity index (χ2v) is 9.19. The summed E-state index contributed by atoms with van der Waals surface area (Å²) in [6.45, 7) is 3.52. The normalized spacial score (nSPS) is 20.4. The third kappa shape index (κ3) is 4.60. The third-order valence-corrected chi connectivity index (χ3v) is 6.74. The van der Waals surface area contributed by atoms with E-state index in [0.717, 1.165) is 0 Å². The molecule has 2 aromatic rings. The molecule has 2 aromatic carbocycles. The summed E-state index contributed by atoms with van der Waals surface area (Å²) >= 11 is 10.7. The number of carbonyl (C=O) groups is 2. The molecule has 34 heavy (non-hydrogen) atoms. The summed E-state index contributed by atoms with van der Waals surface area (Å²) in [5.74, 6) is -0.572. The summed E-state index contributed by atoms with van der Waals surface area (Å²) in [6, 6.07) is 11.3. The molecule has 1 N–H and O–H groups in total. The SMILES string of the molecule is CN(C(O)=S)C1(C)CN(c2ccc(N3CCN(C(=O)c4ccc(Cl)cc4)CC3)c(F)c2)C(=O)O1. The van der Waals surface area contributed by atoms with Crippen LogP contribution in [0.5, 0.6) is 0 Å². The van der Waals surface area contributed by atoms with Crippen LogP contribution >= 0.6 is 23.8 Å². The van der Waals surface area contributed by atoms with Gasteiger partial charge in [-0.15, -0.1) is 0 Å². The Morgan fingerprint density at radius 3 is 2.41 bits per heavy atom. The average Bonchev–Trinajstić information content (AvgIpc) is 3.14. The van der Waals surface area contributed by atoms with Crippen molar-refractivity contribution in [2.24, 2.45) is 0 Å². The highest BCUT2D eigenvalue weighted by Gasteiger charge is 2.46. The Hall–Kier alpha value is -3.11. The number of ether oxygens (including phenoxy) is 1. The molecule has 2 amide bonds. The Balaban J connectivity index is 1.42. The molecular weight excluding hydrogens is 483 g/mol. The van der Waals surface area contributed by atoms with Gasteiger partial charge in [-0.25, -0.2) is 9.18 Å². The lowest BCUT2D eigenvalue weighted by Crippen LogP contribution is -2.49. The van der Waals surface area contributed by atoms with Crippen LogP contribution in [0.1, 0.15) is 17.3 Å². The van der Waals surface area contributed by atoms with E-state index in [2.05, 4.69) is 0 Å². The average molecular weight is 507 g/mol. The van der Waals surface area contributed by atoms with Crippen LogP contribution in [0.2, 0.25) is 5.02 Å². The zero-order chi connectivity index (χ0) is 24.6. The first-order chi connectivity index (χ1) is 16.1. The van der Waals surface area contributed by atoms with Crippen molar-refractivity contribution >= 4 is 52.4 Å². The highest BCUT2D eigenvalue weighted by Crippen LogP contribution is 2.33. The number of hydrogen-bond donors (Lipinski definition) is 1. The number of piperazine rings is 1. The van der Waals surface area contributed by atoms with E-state index < -0.39 is 22.8 Å². The first kappa shape index (κ1) is 24.0. The predicted octanol–water partition coefficient (Wildman–Crippen LogP) is 3.89. The van der Waals surface area contributed by atoms with Crippen LogP contribution in [0.25, 0.3) is 0 Å². The van der Waals surface area contributed by atoms with Gasteiger partial charge in [-0.05, 0) is 61.6 Å². The Kier molecular flexibility index (Phi) is 6.55. The molecule has 11 heteroatoms. The lowest BCUT2D eigenvalue weighted by molar-refractivity contribution is -0.0197. The maximum atomic E-state index is 15.1. The maximum Gasteiger partial charge on any atom is 0.416 e. The number of halogens is 2. The Morgan fingerprint density at radius 2 is 1.82 bits per heavy atom. The summed E-state index contributed by atoms with van der Waals surface area (Å²) in [5, 5.41) is 9.75. The fourth-order valence-electron chi connectivity index (χ4n) is 4.05. The topological polar surface area (TPSA) is 76.6 Å². The zero-order valence-electron chi connectivity index (χ0n) is 18.7. The van der Waals surface area contributed by atoms with E-state index in [-0.39, 0.29) is 12.5 Å². The Bertz CT molecular complexity index is 1130. The molecule has 0 radical (unpaired) electrons. The molecule has 2 heterocycles. The summed E-state index contributed by atoms with van der Waals surface area (Å²) in [7, 11) is 1.51. The molecule has 0 aliphatic carbocycles. The lowest BCUT2D eigenvalue weighted by Gasteiger charge is -2.36. The van der Waals surface area contributed by atoms with E-state index in [9.17, 15) is 14.7 Å². The molecule has 0 bridgehead atoms. The monoisotopic (exact) mass is 506 g/mol. The van der Waals surface area contributed by atoms with Crippen molar-refractivity contribution in [2.75, 3.05) is 49.6 Å². The van der Waals surface area contributed by atoms with E-state index >= 15 is 4.39 Å². The molecule has 0 saturated carbocycles. The van der Waals surface area contributed by atoms with Crippen molar-refractivity contribution in [1.82, 2.24) is 9.80 Å². The molecule has 1 unspecified atom stereocenters. The molecule has 4 rings (SSSR count). The third-order valence-electron chi connectivity index (χ3n) is 6.22. The smallest absolute Gasteiger partial charge is 0.416 e. The number of cyclic esters (lactones) is 1. The van der Waals surface area contributed by atoms with E-state index in [1.165, 1.54) is 22.9 Å². The standard InChI is InChI=1S/C23H24ClFN4O4S/c1-23(26(2)22(32)34)14-29(21(31)33-23)17-7-8-19(18(25)13-17)27-9-11-28(12-10-27)20(30)15-3-5-16(24)6-4-15/h3-8,13H,9-12,14H2,1-2H3,(H,32,34). The van der Waals surface area contributed by atoms with Crippen LogP contribution in [-0.2, 0) is 4.74 Å². The van der Waals surface area contributed by atoms with E-state index in [0.29, 0.717) is 48.1 Å². The predicted molar refractivity (Wildman–Crippen MR) is 131 cm³/mol. The Morgan fingerprint density at radius 1 is 1.18 bits per heavy atom. The van der Waals surface area contributed by atoms with Crippen LogP contribution in [-0.4, -0.2) is 77.6 Å². The number of carbonyl (C=O) groups excluding carboxylic acids is 2. The number of amides is 2. The van der Waals surface area contributed by atoms with Crippen LogP contribution < -0.4 is 9.80 Å². The zero-order valence-corrected chi connectivity index (χ0v) is 20.3. The fraction of sp³-hybridized carbons (Fsp3) is 0.348. The molecule has 0 aromatic heterocycles. The minimum Gasteiger partial charge on any atom is -0.486 e. The number of rotatable bonds is 4. The summed E-state index contributed by atoms with van der Waals surface area (Å²) in [4.78, 5) is 31.3. The second-order valence-electron chi connectivity index (χ2n) is 8.39. The van der Waals surface area contributed by atoms with Gasteiger partial charge in [0.15, 0.2) is 0 Å². The molecule has 2 aliphatic rings. The summed E-state index contributed by atoms with van der Waals surface area (Å²) in [5.41, 5.74) is 0.117. The number of hydrogen-bond acceptors (Lipinski definition) is 5. The largest absolute Gasteiger partial charge is 0.486 e. The van der Waals surface area contributed by atoms with Gasteiger partial charge in [0.25, 0.3) is 11.1 Å². The van der Waals surface area contributed by atoms with Gasteiger partial charge in [0.05, 0.1) is 17.9 Å². The highest BCUT2D eigenvalue weighted by molar-refractivity contribution is 7.79. The summed E-state index contributed by atoms with van der Waals surface area (Å²) < 4.78 is 20.5. The van der Waals surface area contributed by atoms with Crippen LogP contribution in [0.4, 0.5) is 20.6 Å². The van der Waals surface area contributed by atoms with Crippen molar-refractivity contribution in [3.05, 3.63) is 58.9 Å². The molecule has 180 valence electrons. The van der Waals surface area contributed by atoms with Gasteiger partial charge in [-0.1, -0.05) is 11.6 Å². The molecule has 0 spiro atoms. The minimum absolute atomic E-state index is 0.0628. The van der Waals surface area contributed by atoms with Crippen molar-refractivity contribution in [3.63, 3.8) is 0 Å². The van der Waals surface area contributed by atoms with E-state index in [4.69, 9.17) is 28.6 Å². The van der Waals surface area contributed by atoms with Gasteiger partial charge in [-0.3, -0.25) is 14.6 Å². The quantitative estimate of drug-likeness (QED) is 0.630. The number of likely N-dealkylation sites (N-methyl/N-ethyl adjacent to an activating group) is 1. The second kappa shape index (κ2) is 9.27. The highest BCUT2D eigenvalue weighted by atomic mass is 35.5. The minimum atomic E-state index is -1.18. The number of aliphatic hydroxyl groups excluding tert-OH is 1. The molecule has 2 fully saturated rings. The van der Waals surface area contributed by atoms with Crippen molar-refractivity contribution in [3.8, 4) is 0 Å². The van der Waals surface area contributed by atoms with Gasteiger partial charge in [-0.2, -0.15) is 0 Å². The molecule has 2 aliphatic heterocycles. The summed E-state index contributed by atoms with van der Waals surface area (Å²) in [6.07, 6.45) is -0.660. The first-order valence-electron chi connectivity index (χ1n) is 10.7. The van der Waals surface area contributed by atoms with Gasteiger partial charge in [0, 0.05) is 43.8 Å². The number of thiocarbonyl (C=S) groups is 1. The van der Waals surface area contributed by atoms with Gasteiger partial charge >= 0.3 is 6.09 Å². The van der Waals surface area contributed by atoms with Gasteiger partial charge in [0.2, 0.25) is 5.72 Å². The Labute approximate surface area is 207 Å². The first-order valence-corrected chi connectivity index (χ1v) is 11.4. The van der Waals surface area contributed by atoms with Gasteiger partial charge < -0.3 is 19.6 Å². The van der Waals surface area contributed by atoms with Crippen molar-refractivity contribution in [2.45, 2.75) is 12.6 Å². The molecule has 1 atom stereocenters. The molecule has 8 nitrogen and oxygen atoms in total. The number of anilines is 2. The van der Waals surface area contributed by atoms with Crippen LogP contribution in [0.15, 0.2) is 42.5 Å². The van der Waals surface area contributed by atoms with Crippen molar-refractivity contribution < 1.29 is 23.8 Å². The number of aliphatic hydroxyl groups is 1. The van der Waals surface area contributed by atoms with Gasteiger partial charge in [0.1, 0.15) is 5.82 Å². The van der Waals surface area contributed by atoms with E-state index in [1.54, 1.807) is 48.2 Å². The lowest BCUT2D eigenvalue weighted by atomic mass is 10.1. The molecular formula is C23H24ClFN4O4S. The van der Waals surface area contributed by atoms with E-state index in [1.807, 2.05) is 4.90 Å². The molecule has 2 saturated heterocycles.